The molecule has 0 radical (unpaired) electrons. The molecule has 9 heteroatoms. The molecule has 1 unspecified atom stereocenters. The van der Waals surface area contributed by atoms with Crippen molar-refractivity contribution in [3.05, 3.63) is 53.4 Å². The Morgan fingerprint density at radius 2 is 2.10 bits per heavy atom. The van der Waals surface area contributed by atoms with E-state index in [1.165, 1.54) is 0 Å². The van der Waals surface area contributed by atoms with Gasteiger partial charge >= 0.3 is 0 Å². The fraction of sp³-hybridized carbons (Fsp3) is 0.350. The third kappa shape index (κ3) is 5.01. The number of rotatable bonds is 4. The Balaban J connectivity index is 0.00000150. The number of piperidine rings is 1. The largest absolute Gasteiger partial charge is 0.341 e. The maximum absolute atomic E-state index is 12.2. The highest BCUT2D eigenvalue weighted by Gasteiger charge is 2.25. The number of likely N-dealkylation sites (N-methyl/N-ethyl adjacent to an activating group) is 1. The van der Waals surface area contributed by atoms with Crippen LogP contribution in [0.3, 0.4) is 0 Å². The molecule has 0 spiro atoms. The summed E-state index contributed by atoms with van der Waals surface area (Å²) < 4.78 is 1.96. The van der Waals surface area contributed by atoms with E-state index in [1.54, 1.807) is 7.05 Å². The van der Waals surface area contributed by atoms with Crippen LogP contribution in [0.1, 0.15) is 24.5 Å². The van der Waals surface area contributed by atoms with Crippen molar-refractivity contribution in [1.29, 1.82) is 0 Å². The first-order chi connectivity index (χ1) is 13.2. The minimum atomic E-state index is 0. The number of pyridine rings is 2. The first-order valence-corrected chi connectivity index (χ1v) is 9.56. The topological polar surface area (TPSA) is 62.5 Å². The van der Waals surface area contributed by atoms with Crippen LogP contribution in [0.5, 0.6) is 0 Å². The average molecular weight is 457 g/mol. The molecule has 0 aromatic carbocycles. The summed E-state index contributed by atoms with van der Waals surface area (Å²) in [6.07, 6.45) is 5.71. The third-order valence-corrected chi connectivity index (χ3v) is 5.25. The number of likely N-dealkylation sites (tertiary alicyclic amines) is 1. The molecule has 3 aromatic rings. The molecule has 3 aromatic heterocycles. The predicted molar refractivity (Wildman–Crippen MR) is 120 cm³/mol. The molecule has 1 fully saturated rings. The Bertz CT molecular complexity index is 978. The number of nitrogens with zero attached hydrogens (tertiary/aromatic N) is 4. The van der Waals surface area contributed by atoms with Crippen LogP contribution in [-0.2, 0) is 4.79 Å². The molecule has 1 aliphatic rings. The van der Waals surface area contributed by atoms with Crippen molar-refractivity contribution in [2.24, 2.45) is 0 Å². The van der Waals surface area contributed by atoms with Crippen LogP contribution in [0.4, 0.5) is 0 Å². The van der Waals surface area contributed by atoms with Gasteiger partial charge in [0.2, 0.25) is 5.91 Å². The van der Waals surface area contributed by atoms with Crippen molar-refractivity contribution in [2.45, 2.75) is 18.8 Å². The predicted octanol–water partition coefficient (Wildman–Crippen LogP) is 3.82. The summed E-state index contributed by atoms with van der Waals surface area (Å²) in [7, 11) is 1.80. The zero-order chi connectivity index (χ0) is 18.8. The molecule has 0 aliphatic carbocycles. The summed E-state index contributed by atoms with van der Waals surface area (Å²) in [4.78, 5) is 23.5. The van der Waals surface area contributed by atoms with Crippen molar-refractivity contribution in [3.63, 3.8) is 0 Å². The molecule has 0 bridgehead atoms. The van der Waals surface area contributed by atoms with Crippen molar-refractivity contribution in [2.75, 3.05) is 26.7 Å². The Hall–Kier alpha value is -1.86. The highest BCUT2D eigenvalue weighted by atomic mass is 35.5. The molecule has 1 atom stereocenters. The van der Waals surface area contributed by atoms with Crippen molar-refractivity contribution in [3.8, 4) is 11.4 Å². The number of amides is 1. The molecular formula is C20H24Cl3N5O. The number of halogens is 3. The van der Waals surface area contributed by atoms with Gasteiger partial charge in [0.1, 0.15) is 5.65 Å². The van der Waals surface area contributed by atoms with Crippen molar-refractivity contribution >= 4 is 48.0 Å². The van der Waals surface area contributed by atoms with Gasteiger partial charge in [-0.1, -0.05) is 17.7 Å². The lowest BCUT2D eigenvalue weighted by Gasteiger charge is -2.32. The summed E-state index contributed by atoms with van der Waals surface area (Å²) in [5.41, 5.74) is 3.63. The zero-order valence-electron chi connectivity index (χ0n) is 16.0. The van der Waals surface area contributed by atoms with E-state index in [1.807, 2.05) is 46.0 Å². The van der Waals surface area contributed by atoms with Gasteiger partial charge < -0.3 is 10.2 Å². The van der Waals surface area contributed by atoms with Crippen LogP contribution in [0.2, 0.25) is 5.02 Å². The normalized spacial score (nSPS) is 16.2. The lowest BCUT2D eigenvalue weighted by molar-refractivity contribution is -0.131. The van der Waals surface area contributed by atoms with E-state index in [2.05, 4.69) is 16.4 Å². The summed E-state index contributed by atoms with van der Waals surface area (Å²) in [5.74, 6) is 0.400. The van der Waals surface area contributed by atoms with Gasteiger partial charge in [0.25, 0.3) is 0 Å². The number of fused-ring (bicyclic) bond motifs is 1. The molecule has 6 nitrogen and oxygen atoms in total. The molecule has 1 aliphatic heterocycles. The van der Waals surface area contributed by atoms with Crippen LogP contribution in [0.15, 0.2) is 42.7 Å². The fourth-order valence-electron chi connectivity index (χ4n) is 3.67. The summed E-state index contributed by atoms with van der Waals surface area (Å²) >= 11 is 6.15. The van der Waals surface area contributed by atoms with E-state index >= 15 is 0 Å². The number of carbonyl (C=O) groups excluding carboxylic acids is 1. The fourth-order valence-corrected chi connectivity index (χ4v) is 3.83. The molecule has 1 N–H and O–H groups in total. The lowest BCUT2D eigenvalue weighted by atomic mass is 9.94. The molecule has 4 rings (SSSR count). The third-order valence-electron chi connectivity index (χ3n) is 5.02. The molecule has 1 saturated heterocycles. The van der Waals surface area contributed by atoms with E-state index < -0.39 is 0 Å². The van der Waals surface area contributed by atoms with Gasteiger partial charge in [-0.2, -0.15) is 0 Å². The number of aromatic nitrogens is 3. The second kappa shape index (κ2) is 10.3. The molecule has 0 saturated carbocycles. The Morgan fingerprint density at radius 1 is 1.28 bits per heavy atom. The minimum Gasteiger partial charge on any atom is -0.341 e. The molecular weight excluding hydrogens is 433 g/mol. The van der Waals surface area contributed by atoms with Gasteiger partial charge in [-0.3, -0.25) is 14.2 Å². The Labute approximate surface area is 187 Å². The molecule has 1 amide bonds. The summed E-state index contributed by atoms with van der Waals surface area (Å²) in [6, 6.07) is 9.78. The van der Waals surface area contributed by atoms with E-state index in [9.17, 15) is 4.79 Å². The minimum absolute atomic E-state index is 0. The SMILES string of the molecule is CNCC(=O)N1CCCC(c2cccc(-c3cnc4ccc(Cl)cn34)n2)C1.Cl.Cl. The Morgan fingerprint density at radius 3 is 2.90 bits per heavy atom. The van der Waals surface area contributed by atoms with Crippen LogP contribution in [0, 0.1) is 0 Å². The van der Waals surface area contributed by atoms with Crippen LogP contribution >= 0.6 is 36.4 Å². The van der Waals surface area contributed by atoms with E-state index in [4.69, 9.17) is 16.6 Å². The number of nitrogens with one attached hydrogen (secondary N) is 1. The maximum atomic E-state index is 12.2. The first-order valence-electron chi connectivity index (χ1n) is 9.18. The van der Waals surface area contributed by atoms with Gasteiger partial charge in [0, 0.05) is 30.9 Å². The van der Waals surface area contributed by atoms with E-state index in [0.29, 0.717) is 11.6 Å². The second-order valence-corrected chi connectivity index (χ2v) is 7.31. The van der Waals surface area contributed by atoms with Gasteiger partial charge in [0.15, 0.2) is 0 Å². The van der Waals surface area contributed by atoms with Gasteiger partial charge in [0.05, 0.1) is 29.2 Å². The van der Waals surface area contributed by atoms with E-state index in [0.717, 1.165) is 48.7 Å². The highest BCUT2D eigenvalue weighted by Crippen LogP contribution is 2.28. The number of carbonyl (C=O) groups is 1. The second-order valence-electron chi connectivity index (χ2n) is 6.88. The highest BCUT2D eigenvalue weighted by molar-refractivity contribution is 6.30. The monoisotopic (exact) mass is 455 g/mol. The maximum Gasteiger partial charge on any atom is 0.236 e. The molecule has 156 valence electrons. The zero-order valence-corrected chi connectivity index (χ0v) is 18.4. The average Bonchev–Trinajstić information content (AvgIpc) is 3.11. The number of hydrogen-bond donors (Lipinski definition) is 1. The number of hydrogen-bond acceptors (Lipinski definition) is 4. The lowest BCUT2D eigenvalue weighted by Crippen LogP contribution is -2.43. The van der Waals surface area contributed by atoms with Crippen LogP contribution in [0.25, 0.3) is 17.0 Å². The molecule has 4 heterocycles. The summed E-state index contributed by atoms with van der Waals surface area (Å²) in [5, 5.41) is 3.60. The van der Waals surface area contributed by atoms with Crippen molar-refractivity contribution in [1.82, 2.24) is 24.6 Å². The van der Waals surface area contributed by atoms with E-state index in [-0.39, 0.29) is 36.6 Å². The Kier molecular flexibility index (Phi) is 8.28. The first kappa shape index (κ1) is 23.4. The smallest absolute Gasteiger partial charge is 0.236 e. The van der Waals surface area contributed by atoms with Gasteiger partial charge in [-0.25, -0.2) is 4.98 Å². The number of imidazole rings is 1. The summed E-state index contributed by atoms with van der Waals surface area (Å²) in [6.45, 7) is 1.92. The van der Waals surface area contributed by atoms with Crippen LogP contribution in [-0.4, -0.2) is 51.9 Å². The van der Waals surface area contributed by atoms with Gasteiger partial charge in [-0.15, -0.1) is 24.8 Å². The molecule has 29 heavy (non-hydrogen) atoms. The quantitative estimate of drug-likeness (QED) is 0.648. The van der Waals surface area contributed by atoms with Gasteiger partial charge in [-0.05, 0) is 44.2 Å². The van der Waals surface area contributed by atoms with Crippen molar-refractivity contribution < 1.29 is 4.79 Å². The standard InChI is InChI=1S/C20H22ClN5O.2ClH/c1-22-11-20(27)25-9-3-4-14(12-25)16-5-2-6-17(24-16)18-10-23-19-8-7-15(21)13-26(18)19;;/h2,5-8,10,13-14,22H,3-4,9,11-12H2,1H3;2*1H. The van der Waals surface area contributed by atoms with Crippen LogP contribution < -0.4 is 5.32 Å².